The Morgan fingerprint density at radius 3 is 1.96 bits per heavy atom. The van der Waals surface area contributed by atoms with E-state index in [1.54, 1.807) is 0 Å². The van der Waals surface area contributed by atoms with E-state index in [1.165, 1.54) is 0 Å². The maximum Gasteiger partial charge on any atom is 0.408 e. The second kappa shape index (κ2) is 9.09. The van der Waals surface area contributed by atoms with Crippen LogP contribution in [-0.4, -0.2) is 21.7 Å². The smallest absolute Gasteiger partial charge is 0.408 e. The number of amides is 1. The quantitative estimate of drug-likeness (QED) is 0.728. The molecule has 0 spiro atoms. The van der Waals surface area contributed by atoms with Crippen molar-refractivity contribution >= 4 is 46.7 Å². The molecule has 1 amide bonds. The second-order valence-electron chi connectivity index (χ2n) is 5.31. The molecule has 0 aliphatic carbocycles. The van der Waals surface area contributed by atoms with Crippen LogP contribution in [0.2, 0.25) is 0 Å². The molecular formula is C18H16Cl3NO3. The minimum absolute atomic E-state index is 0.0761. The highest BCUT2D eigenvalue weighted by atomic mass is 35.6. The summed E-state index contributed by atoms with van der Waals surface area (Å²) in [6.45, 7) is 0.0761. The summed E-state index contributed by atoms with van der Waals surface area (Å²) >= 11 is 17.1. The molecule has 2 aromatic carbocycles. The van der Waals surface area contributed by atoms with E-state index in [0.717, 1.165) is 11.1 Å². The highest BCUT2D eigenvalue weighted by molar-refractivity contribution is 6.76. The largest absolute Gasteiger partial charge is 0.445 e. The van der Waals surface area contributed by atoms with E-state index >= 15 is 0 Å². The number of carbonyl (C=O) groups is 2. The van der Waals surface area contributed by atoms with E-state index in [4.69, 9.17) is 39.5 Å². The van der Waals surface area contributed by atoms with Gasteiger partial charge in [0.25, 0.3) is 3.79 Å². The number of benzene rings is 2. The lowest BCUT2D eigenvalue weighted by Crippen LogP contribution is -2.47. The first-order valence-corrected chi connectivity index (χ1v) is 8.62. The summed E-state index contributed by atoms with van der Waals surface area (Å²) in [5.41, 5.74) is 1.64. The molecule has 7 heteroatoms. The fraction of sp³-hybridized carbons (Fsp3) is 0.222. The van der Waals surface area contributed by atoms with Gasteiger partial charge in [0.1, 0.15) is 6.61 Å². The number of ketones is 1. The number of nitrogens with one attached hydrogen (secondary N) is 1. The molecule has 1 atom stereocenters. The molecule has 132 valence electrons. The topological polar surface area (TPSA) is 55.4 Å². The number of rotatable bonds is 6. The number of halogens is 3. The fourth-order valence-electron chi connectivity index (χ4n) is 2.16. The van der Waals surface area contributed by atoms with Gasteiger partial charge in [0.2, 0.25) is 5.78 Å². The normalized spacial score (nSPS) is 12.3. The number of alkyl carbamates (subject to hydrolysis) is 1. The van der Waals surface area contributed by atoms with Gasteiger partial charge in [0.05, 0.1) is 6.04 Å². The van der Waals surface area contributed by atoms with Gasteiger partial charge in [-0.15, -0.1) is 0 Å². The molecule has 0 heterocycles. The molecule has 0 aromatic heterocycles. The number of hydrogen-bond acceptors (Lipinski definition) is 3. The van der Waals surface area contributed by atoms with Crippen LogP contribution in [-0.2, 0) is 22.6 Å². The average Bonchev–Trinajstić information content (AvgIpc) is 2.60. The first-order valence-electron chi connectivity index (χ1n) is 7.48. The predicted molar refractivity (Wildman–Crippen MR) is 99.0 cm³/mol. The number of ether oxygens (including phenoxy) is 1. The van der Waals surface area contributed by atoms with Crippen molar-refractivity contribution in [2.75, 3.05) is 0 Å². The summed E-state index contributed by atoms with van der Waals surface area (Å²) in [5.74, 6) is -0.724. The third-order valence-corrected chi connectivity index (χ3v) is 3.94. The molecule has 0 fully saturated rings. The Labute approximate surface area is 161 Å². The van der Waals surface area contributed by atoms with Crippen LogP contribution in [0.4, 0.5) is 4.79 Å². The van der Waals surface area contributed by atoms with Crippen LogP contribution in [0, 0.1) is 0 Å². The van der Waals surface area contributed by atoms with Crippen molar-refractivity contribution in [1.29, 1.82) is 0 Å². The minimum atomic E-state index is -2.13. The Morgan fingerprint density at radius 1 is 0.920 bits per heavy atom. The van der Waals surface area contributed by atoms with Gasteiger partial charge in [-0.2, -0.15) is 0 Å². The molecule has 1 N–H and O–H groups in total. The van der Waals surface area contributed by atoms with Crippen molar-refractivity contribution in [2.24, 2.45) is 0 Å². The van der Waals surface area contributed by atoms with E-state index in [9.17, 15) is 9.59 Å². The number of hydrogen-bond donors (Lipinski definition) is 1. The van der Waals surface area contributed by atoms with E-state index in [2.05, 4.69) is 5.32 Å². The van der Waals surface area contributed by atoms with Crippen molar-refractivity contribution < 1.29 is 14.3 Å². The second-order valence-corrected chi connectivity index (χ2v) is 7.59. The monoisotopic (exact) mass is 399 g/mol. The van der Waals surface area contributed by atoms with Gasteiger partial charge in [0, 0.05) is 6.42 Å². The van der Waals surface area contributed by atoms with Gasteiger partial charge < -0.3 is 10.1 Å². The highest BCUT2D eigenvalue weighted by Crippen LogP contribution is 2.29. The molecule has 2 aromatic rings. The maximum absolute atomic E-state index is 12.3. The summed E-state index contributed by atoms with van der Waals surface area (Å²) in [4.78, 5) is 24.3. The lowest BCUT2D eigenvalue weighted by molar-refractivity contribution is -0.120. The summed E-state index contributed by atoms with van der Waals surface area (Å²) in [6.07, 6.45) is -0.569. The summed E-state index contributed by atoms with van der Waals surface area (Å²) in [6, 6.07) is 17.3. The van der Waals surface area contributed by atoms with Crippen LogP contribution in [0.3, 0.4) is 0 Å². The van der Waals surface area contributed by atoms with Gasteiger partial charge in [-0.1, -0.05) is 95.5 Å². The van der Waals surface area contributed by atoms with Crippen LogP contribution in [0.25, 0.3) is 0 Å². The molecule has 0 aliphatic rings. The standard InChI is InChI=1S/C18H16Cl3NO3/c19-18(20,21)16(23)15(11-13-7-3-1-4-8-13)22-17(24)25-12-14-9-5-2-6-10-14/h1-10,15H,11-12H2,(H,22,24)/t15-/m0/s1. The Kier molecular flexibility index (Phi) is 7.12. The van der Waals surface area contributed by atoms with Gasteiger partial charge >= 0.3 is 6.09 Å². The molecule has 0 saturated carbocycles. The Hall–Kier alpha value is -1.75. The van der Waals surface area contributed by atoms with Crippen LogP contribution in [0.15, 0.2) is 60.7 Å². The Bertz CT molecular complexity index is 703. The molecule has 0 aliphatic heterocycles. The summed E-state index contributed by atoms with van der Waals surface area (Å²) in [7, 11) is 0. The van der Waals surface area contributed by atoms with E-state index in [0.29, 0.717) is 0 Å². The van der Waals surface area contributed by atoms with Crippen molar-refractivity contribution in [1.82, 2.24) is 5.32 Å². The first-order chi connectivity index (χ1) is 11.9. The van der Waals surface area contributed by atoms with Crippen LogP contribution >= 0.6 is 34.8 Å². The van der Waals surface area contributed by atoms with Crippen molar-refractivity contribution in [3.8, 4) is 0 Å². The zero-order chi connectivity index (χ0) is 18.3. The van der Waals surface area contributed by atoms with Crippen LogP contribution in [0.5, 0.6) is 0 Å². The number of carbonyl (C=O) groups excluding carboxylic acids is 2. The van der Waals surface area contributed by atoms with E-state index < -0.39 is 21.7 Å². The van der Waals surface area contributed by atoms with Gasteiger partial charge in [0.15, 0.2) is 0 Å². The molecular weight excluding hydrogens is 385 g/mol. The number of alkyl halides is 3. The van der Waals surface area contributed by atoms with Crippen LogP contribution < -0.4 is 5.32 Å². The SMILES string of the molecule is O=C(N[C@@H](Cc1ccccc1)C(=O)C(Cl)(Cl)Cl)OCc1ccccc1. The lowest BCUT2D eigenvalue weighted by Gasteiger charge is -2.21. The van der Waals surface area contributed by atoms with Crippen molar-refractivity contribution in [2.45, 2.75) is 22.9 Å². The third-order valence-electron chi connectivity index (χ3n) is 3.38. The Balaban J connectivity index is 2.02. The van der Waals surface area contributed by atoms with E-state index in [1.807, 2.05) is 60.7 Å². The average molecular weight is 401 g/mol. The zero-order valence-corrected chi connectivity index (χ0v) is 15.4. The molecule has 0 saturated heterocycles. The molecule has 2 rings (SSSR count). The fourth-order valence-corrected chi connectivity index (χ4v) is 2.56. The molecule has 0 radical (unpaired) electrons. The highest BCUT2D eigenvalue weighted by Gasteiger charge is 2.37. The zero-order valence-electron chi connectivity index (χ0n) is 13.1. The predicted octanol–water partition coefficient (Wildman–Crippen LogP) is 4.46. The minimum Gasteiger partial charge on any atom is -0.445 e. The lowest BCUT2D eigenvalue weighted by atomic mass is 10.0. The van der Waals surface area contributed by atoms with Gasteiger partial charge in [-0.3, -0.25) is 4.79 Å². The van der Waals surface area contributed by atoms with E-state index in [-0.39, 0.29) is 13.0 Å². The first kappa shape index (κ1) is 19.6. The van der Waals surface area contributed by atoms with Gasteiger partial charge in [-0.25, -0.2) is 4.79 Å². The maximum atomic E-state index is 12.3. The molecule has 25 heavy (non-hydrogen) atoms. The molecule has 0 bridgehead atoms. The molecule has 4 nitrogen and oxygen atoms in total. The Morgan fingerprint density at radius 2 is 1.44 bits per heavy atom. The summed E-state index contributed by atoms with van der Waals surface area (Å²) < 4.78 is 2.99. The van der Waals surface area contributed by atoms with Crippen LogP contribution in [0.1, 0.15) is 11.1 Å². The van der Waals surface area contributed by atoms with Gasteiger partial charge in [-0.05, 0) is 11.1 Å². The van der Waals surface area contributed by atoms with Crippen molar-refractivity contribution in [3.05, 3.63) is 71.8 Å². The number of Topliss-reactive ketones (excluding diaryl/α,β-unsaturated/α-hetero) is 1. The molecule has 0 unspecified atom stereocenters. The third kappa shape index (κ3) is 6.58. The summed E-state index contributed by atoms with van der Waals surface area (Å²) in [5, 5.41) is 2.48. The van der Waals surface area contributed by atoms with Crippen molar-refractivity contribution in [3.63, 3.8) is 0 Å².